The first kappa shape index (κ1) is 23.4. The number of benzene rings is 2. The SMILES string of the molecule is CC(CN(C)C(=O)c1cnc(CNC(=O)OCC2c3ccccc3-c3ccccc32)s1)C(=O)O. The molecule has 34 heavy (non-hydrogen) atoms. The number of fused-ring (bicyclic) bond motifs is 3. The molecule has 0 spiro atoms. The van der Waals surface area contributed by atoms with Crippen molar-refractivity contribution in [2.75, 3.05) is 20.2 Å². The molecule has 8 nitrogen and oxygen atoms in total. The average Bonchev–Trinajstić information content (AvgIpc) is 3.44. The predicted molar refractivity (Wildman–Crippen MR) is 128 cm³/mol. The number of carboxylic acid groups (broad SMARTS) is 1. The number of ether oxygens (including phenoxy) is 1. The van der Waals surface area contributed by atoms with Gasteiger partial charge in [-0.25, -0.2) is 9.78 Å². The van der Waals surface area contributed by atoms with Crippen molar-refractivity contribution in [3.63, 3.8) is 0 Å². The third-order valence-corrected chi connectivity index (χ3v) is 6.79. The molecule has 0 aliphatic heterocycles. The van der Waals surface area contributed by atoms with Gasteiger partial charge in [0.2, 0.25) is 0 Å². The number of aromatic nitrogens is 1. The number of hydrogen-bond acceptors (Lipinski definition) is 6. The molecule has 1 heterocycles. The Kier molecular flexibility index (Phi) is 6.93. The summed E-state index contributed by atoms with van der Waals surface area (Å²) in [5.74, 6) is -1.96. The third kappa shape index (κ3) is 4.94. The Morgan fingerprint density at radius 2 is 1.74 bits per heavy atom. The topological polar surface area (TPSA) is 109 Å². The molecule has 176 valence electrons. The zero-order valence-corrected chi connectivity index (χ0v) is 19.7. The highest BCUT2D eigenvalue weighted by atomic mass is 32.1. The van der Waals surface area contributed by atoms with E-state index in [4.69, 9.17) is 9.84 Å². The van der Waals surface area contributed by atoms with Crippen LogP contribution in [0.1, 0.15) is 38.6 Å². The van der Waals surface area contributed by atoms with E-state index in [1.165, 1.54) is 11.1 Å². The van der Waals surface area contributed by atoms with E-state index in [1.54, 1.807) is 14.0 Å². The molecule has 0 saturated heterocycles. The van der Waals surface area contributed by atoms with Crippen LogP contribution in [0, 0.1) is 5.92 Å². The van der Waals surface area contributed by atoms with Crippen LogP contribution in [-0.4, -0.2) is 53.2 Å². The van der Waals surface area contributed by atoms with Crippen LogP contribution < -0.4 is 5.32 Å². The summed E-state index contributed by atoms with van der Waals surface area (Å²) in [5.41, 5.74) is 4.60. The van der Waals surface area contributed by atoms with Gasteiger partial charge >= 0.3 is 12.1 Å². The molecule has 0 saturated carbocycles. The summed E-state index contributed by atoms with van der Waals surface area (Å²) in [6.07, 6.45) is 0.876. The first-order valence-corrected chi connectivity index (χ1v) is 11.7. The normalized spacial score (nSPS) is 13.0. The summed E-state index contributed by atoms with van der Waals surface area (Å²) in [7, 11) is 1.55. The fraction of sp³-hybridized carbons (Fsp3) is 0.280. The van der Waals surface area contributed by atoms with Crippen molar-refractivity contribution in [2.24, 2.45) is 5.92 Å². The van der Waals surface area contributed by atoms with Gasteiger partial charge in [0.15, 0.2) is 0 Å². The minimum absolute atomic E-state index is 0.0223. The molecule has 4 rings (SSSR count). The minimum atomic E-state index is -0.961. The summed E-state index contributed by atoms with van der Waals surface area (Å²) in [6.45, 7) is 1.99. The van der Waals surface area contributed by atoms with Crippen LogP contribution in [0.15, 0.2) is 54.7 Å². The smallest absolute Gasteiger partial charge is 0.407 e. The Morgan fingerprint density at radius 1 is 1.12 bits per heavy atom. The van der Waals surface area contributed by atoms with Gasteiger partial charge in [-0.1, -0.05) is 55.5 Å². The maximum Gasteiger partial charge on any atom is 0.407 e. The highest BCUT2D eigenvalue weighted by Crippen LogP contribution is 2.44. The largest absolute Gasteiger partial charge is 0.481 e. The molecule has 0 fully saturated rings. The van der Waals surface area contributed by atoms with Crippen molar-refractivity contribution in [3.05, 3.63) is 75.7 Å². The van der Waals surface area contributed by atoms with Gasteiger partial charge in [-0.15, -0.1) is 11.3 Å². The Morgan fingerprint density at radius 3 is 2.35 bits per heavy atom. The maximum atomic E-state index is 12.5. The lowest BCUT2D eigenvalue weighted by Gasteiger charge is -2.18. The number of aliphatic carboxylic acids is 1. The molecule has 1 aliphatic rings. The minimum Gasteiger partial charge on any atom is -0.481 e. The van der Waals surface area contributed by atoms with Crippen molar-refractivity contribution in [1.29, 1.82) is 0 Å². The molecule has 2 aromatic carbocycles. The zero-order valence-electron chi connectivity index (χ0n) is 18.9. The highest BCUT2D eigenvalue weighted by molar-refractivity contribution is 7.13. The third-order valence-electron chi connectivity index (χ3n) is 5.81. The monoisotopic (exact) mass is 479 g/mol. The average molecular weight is 480 g/mol. The van der Waals surface area contributed by atoms with E-state index in [0.29, 0.717) is 9.88 Å². The molecule has 0 bridgehead atoms. The summed E-state index contributed by atoms with van der Waals surface area (Å²) < 4.78 is 5.52. The van der Waals surface area contributed by atoms with Crippen molar-refractivity contribution < 1.29 is 24.2 Å². The number of carbonyl (C=O) groups excluding carboxylic acids is 2. The van der Waals surface area contributed by atoms with Crippen LogP contribution in [0.3, 0.4) is 0 Å². The second-order valence-corrected chi connectivity index (χ2v) is 9.34. The lowest BCUT2D eigenvalue weighted by molar-refractivity contribution is -0.141. The van der Waals surface area contributed by atoms with Crippen LogP contribution in [0.2, 0.25) is 0 Å². The molecule has 9 heteroatoms. The number of nitrogens with one attached hydrogen (secondary N) is 1. The number of nitrogens with zero attached hydrogens (tertiary/aromatic N) is 2. The highest BCUT2D eigenvalue weighted by Gasteiger charge is 2.29. The first-order valence-electron chi connectivity index (χ1n) is 10.9. The van der Waals surface area contributed by atoms with E-state index in [1.807, 2.05) is 24.3 Å². The van der Waals surface area contributed by atoms with Crippen molar-refractivity contribution in [3.8, 4) is 11.1 Å². The fourth-order valence-electron chi connectivity index (χ4n) is 4.05. The number of amides is 2. The van der Waals surface area contributed by atoms with Gasteiger partial charge in [0.1, 0.15) is 16.5 Å². The van der Waals surface area contributed by atoms with E-state index in [0.717, 1.165) is 33.6 Å². The Bertz CT molecular complexity index is 1180. The molecule has 3 aromatic rings. The molecular formula is C25H25N3O5S. The molecule has 1 aliphatic carbocycles. The number of hydrogen-bond donors (Lipinski definition) is 2. The van der Waals surface area contributed by atoms with E-state index in [2.05, 4.69) is 34.6 Å². The molecule has 1 atom stereocenters. The number of carbonyl (C=O) groups is 3. The summed E-state index contributed by atoms with van der Waals surface area (Å²) in [6, 6.07) is 16.3. The van der Waals surface area contributed by atoms with E-state index >= 15 is 0 Å². The summed E-state index contributed by atoms with van der Waals surface area (Å²) in [5, 5.41) is 12.3. The van der Waals surface area contributed by atoms with Crippen molar-refractivity contribution >= 4 is 29.3 Å². The van der Waals surface area contributed by atoms with Gasteiger partial charge in [-0.2, -0.15) is 0 Å². The standard InChI is InChI=1S/C25H25N3O5S/c1-15(24(30)31)13-28(2)23(29)21-11-26-22(34-21)12-27-25(32)33-14-20-18-9-5-3-7-16(18)17-8-4-6-10-19(17)20/h3-11,15,20H,12-14H2,1-2H3,(H,27,32)(H,30,31). The molecule has 2 N–H and O–H groups in total. The predicted octanol–water partition coefficient (Wildman–Crippen LogP) is 3.97. The lowest BCUT2D eigenvalue weighted by Crippen LogP contribution is -2.33. The van der Waals surface area contributed by atoms with E-state index < -0.39 is 18.0 Å². The van der Waals surface area contributed by atoms with Crippen LogP contribution >= 0.6 is 11.3 Å². The van der Waals surface area contributed by atoms with Crippen molar-refractivity contribution in [1.82, 2.24) is 15.2 Å². The van der Waals surface area contributed by atoms with Gasteiger partial charge in [0.05, 0.1) is 18.7 Å². The summed E-state index contributed by atoms with van der Waals surface area (Å²) in [4.78, 5) is 41.8. The maximum absolute atomic E-state index is 12.5. The lowest BCUT2D eigenvalue weighted by atomic mass is 9.98. The Hall–Kier alpha value is -3.72. The molecule has 1 aromatic heterocycles. The Labute approximate surface area is 201 Å². The first-order chi connectivity index (χ1) is 16.3. The molecule has 1 unspecified atom stereocenters. The Balaban J connectivity index is 1.31. The quantitative estimate of drug-likeness (QED) is 0.506. The molecular weight excluding hydrogens is 454 g/mol. The van der Waals surface area contributed by atoms with Gasteiger partial charge in [-0.3, -0.25) is 9.59 Å². The van der Waals surface area contributed by atoms with Crippen LogP contribution in [0.4, 0.5) is 4.79 Å². The molecule has 2 amide bonds. The van der Waals surface area contributed by atoms with Gasteiger partial charge in [-0.05, 0) is 22.3 Å². The van der Waals surface area contributed by atoms with Gasteiger partial charge in [0.25, 0.3) is 5.91 Å². The van der Waals surface area contributed by atoms with E-state index in [9.17, 15) is 14.4 Å². The number of alkyl carbamates (subject to hydrolysis) is 1. The second-order valence-electron chi connectivity index (χ2n) is 8.22. The van der Waals surface area contributed by atoms with Crippen LogP contribution in [0.25, 0.3) is 11.1 Å². The fourth-order valence-corrected chi connectivity index (χ4v) is 4.90. The second kappa shape index (κ2) is 10.0. The van der Waals surface area contributed by atoms with Gasteiger partial charge < -0.3 is 20.1 Å². The summed E-state index contributed by atoms with van der Waals surface area (Å²) >= 11 is 1.15. The van der Waals surface area contributed by atoms with Crippen LogP contribution in [-0.2, 0) is 16.1 Å². The van der Waals surface area contributed by atoms with Crippen molar-refractivity contribution in [2.45, 2.75) is 19.4 Å². The van der Waals surface area contributed by atoms with E-state index in [-0.39, 0.29) is 31.5 Å². The van der Waals surface area contributed by atoms with Crippen LogP contribution in [0.5, 0.6) is 0 Å². The zero-order chi connectivity index (χ0) is 24.2. The number of rotatable bonds is 8. The number of carboxylic acids is 1. The molecule has 0 radical (unpaired) electrons. The number of thiazole rings is 1. The van der Waals surface area contributed by atoms with Gasteiger partial charge in [0, 0.05) is 19.5 Å².